The lowest BCUT2D eigenvalue weighted by molar-refractivity contribution is 0.0332. The molecular weight excluding hydrogens is 358 g/mol. The van der Waals surface area contributed by atoms with Crippen molar-refractivity contribution in [2.45, 2.75) is 18.9 Å². The number of piperidine rings is 1. The Bertz CT molecular complexity index is 685. The van der Waals surface area contributed by atoms with Gasteiger partial charge in [0, 0.05) is 45.3 Å². The summed E-state index contributed by atoms with van der Waals surface area (Å²) in [5.41, 5.74) is 0. The maximum Gasteiger partial charge on any atom is 0.289 e. The number of nitrogens with zero attached hydrogens (tertiary/aromatic N) is 3. The number of furan rings is 1. The van der Waals surface area contributed by atoms with E-state index in [2.05, 4.69) is 4.90 Å². The highest BCUT2D eigenvalue weighted by molar-refractivity contribution is 7.88. The standard InChI is InChI=1S/C17H27N3O5S/c1-26(22,23)20(8-7-18-9-12-24-13-10-18)15-4-2-6-19(14-15)17(21)16-5-3-11-25-16/h3,5,11,15H,2,4,6-10,12-14H2,1H3. The van der Waals surface area contributed by atoms with E-state index in [4.69, 9.17) is 9.15 Å². The molecule has 0 radical (unpaired) electrons. The van der Waals surface area contributed by atoms with Crippen LogP contribution in [0, 0.1) is 0 Å². The molecule has 3 heterocycles. The number of rotatable bonds is 6. The van der Waals surface area contributed by atoms with Crippen molar-refractivity contribution in [2.75, 3.05) is 58.7 Å². The molecule has 2 saturated heterocycles. The topological polar surface area (TPSA) is 83.3 Å². The fourth-order valence-electron chi connectivity index (χ4n) is 3.61. The molecule has 0 saturated carbocycles. The van der Waals surface area contributed by atoms with E-state index in [1.165, 1.54) is 12.5 Å². The third-order valence-electron chi connectivity index (χ3n) is 4.99. The molecular formula is C17H27N3O5S. The third kappa shape index (κ3) is 4.85. The summed E-state index contributed by atoms with van der Waals surface area (Å²) in [6.45, 7) is 5.16. The molecule has 0 bridgehead atoms. The maximum absolute atomic E-state index is 12.5. The Kier molecular flexibility index (Phi) is 6.33. The van der Waals surface area contributed by atoms with E-state index >= 15 is 0 Å². The lowest BCUT2D eigenvalue weighted by Crippen LogP contribution is -2.53. The predicted molar refractivity (Wildman–Crippen MR) is 96.4 cm³/mol. The smallest absolute Gasteiger partial charge is 0.289 e. The molecule has 0 aliphatic carbocycles. The summed E-state index contributed by atoms with van der Waals surface area (Å²) in [6.07, 6.45) is 4.26. The molecule has 8 nitrogen and oxygen atoms in total. The normalized spacial score (nSPS) is 22.7. The molecule has 1 aromatic rings. The van der Waals surface area contributed by atoms with Crippen molar-refractivity contribution in [3.05, 3.63) is 24.2 Å². The van der Waals surface area contributed by atoms with E-state index in [1.54, 1.807) is 21.3 Å². The van der Waals surface area contributed by atoms with Crippen LogP contribution in [0.3, 0.4) is 0 Å². The Labute approximate surface area is 154 Å². The molecule has 1 atom stereocenters. The van der Waals surface area contributed by atoms with Crippen LogP contribution in [-0.2, 0) is 14.8 Å². The third-order valence-corrected chi connectivity index (χ3v) is 6.32. The molecule has 146 valence electrons. The second-order valence-electron chi connectivity index (χ2n) is 6.85. The first-order chi connectivity index (χ1) is 12.4. The molecule has 1 amide bonds. The van der Waals surface area contributed by atoms with Gasteiger partial charge in [-0.15, -0.1) is 0 Å². The predicted octanol–water partition coefficient (Wildman–Crippen LogP) is 0.478. The van der Waals surface area contributed by atoms with Crippen LogP contribution in [0.5, 0.6) is 0 Å². The fraction of sp³-hybridized carbons (Fsp3) is 0.706. The van der Waals surface area contributed by atoms with Crippen molar-refractivity contribution >= 4 is 15.9 Å². The van der Waals surface area contributed by atoms with Crippen LogP contribution >= 0.6 is 0 Å². The van der Waals surface area contributed by atoms with Gasteiger partial charge < -0.3 is 14.1 Å². The monoisotopic (exact) mass is 385 g/mol. The molecule has 0 N–H and O–H groups in total. The van der Waals surface area contributed by atoms with Crippen molar-refractivity contribution in [2.24, 2.45) is 0 Å². The average Bonchev–Trinajstić information content (AvgIpc) is 3.16. The van der Waals surface area contributed by atoms with Gasteiger partial charge >= 0.3 is 0 Å². The summed E-state index contributed by atoms with van der Waals surface area (Å²) < 4.78 is 36.8. The zero-order chi connectivity index (χ0) is 18.6. The number of likely N-dealkylation sites (tertiary alicyclic amines) is 1. The molecule has 3 rings (SSSR count). The highest BCUT2D eigenvalue weighted by Gasteiger charge is 2.33. The van der Waals surface area contributed by atoms with Crippen LogP contribution in [0.25, 0.3) is 0 Å². The molecule has 0 spiro atoms. The minimum atomic E-state index is -3.35. The molecule has 2 aliphatic rings. The molecule has 2 fully saturated rings. The van der Waals surface area contributed by atoms with Crippen LogP contribution < -0.4 is 0 Å². The number of carbonyl (C=O) groups is 1. The Hall–Kier alpha value is -1.42. The summed E-state index contributed by atoms with van der Waals surface area (Å²) in [7, 11) is -3.35. The summed E-state index contributed by atoms with van der Waals surface area (Å²) in [4.78, 5) is 16.4. The molecule has 26 heavy (non-hydrogen) atoms. The lowest BCUT2D eigenvalue weighted by Gasteiger charge is -2.38. The number of hydrogen-bond acceptors (Lipinski definition) is 6. The zero-order valence-corrected chi connectivity index (χ0v) is 16.0. The highest BCUT2D eigenvalue weighted by Crippen LogP contribution is 2.20. The SMILES string of the molecule is CS(=O)(=O)N(CCN1CCOCC1)C1CCCN(C(=O)c2ccco2)C1. The molecule has 2 aliphatic heterocycles. The van der Waals surface area contributed by atoms with Gasteiger partial charge in [-0.1, -0.05) is 0 Å². The largest absolute Gasteiger partial charge is 0.459 e. The van der Waals surface area contributed by atoms with Gasteiger partial charge in [0.1, 0.15) is 0 Å². The van der Waals surface area contributed by atoms with E-state index in [-0.39, 0.29) is 11.9 Å². The van der Waals surface area contributed by atoms with E-state index in [0.717, 1.165) is 25.9 Å². The van der Waals surface area contributed by atoms with Crippen molar-refractivity contribution in [3.63, 3.8) is 0 Å². The molecule has 0 aromatic carbocycles. The first-order valence-electron chi connectivity index (χ1n) is 9.05. The van der Waals surface area contributed by atoms with Gasteiger partial charge in [0.15, 0.2) is 5.76 Å². The fourth-order valence-corrected chi connectivity index (χ4v) is 4.74. The van der Waals surface area contributed by atoms with Gasteiger partial charge in [0.2, 0.25) is 10.0 Å². The van der Waals surface area contributed by atoms with Crippen LogP contribution in [0.4, 0.5) is 0 Å². The van der Waals surface area contributed by atoms with Gasteiger partial charge in [-0.3, -0.25) is 9.69 Å². The van der Waals surface area contributed by atoms with Gasteiger partial charge in [-0.2, -0.15) is 4.31 Å². The minimum absolute atomic E-state index is 0.179. The van der Waals surface area contributed by atoms with Crippen molar-refractivity contribution in [1.29, 1.82) is 0 Å². The lowest BCUT2D eigenvalue weighted by atomic mass is 10.1. The molecule has 1 aromatic heterocycles. The van der Waals surface area contributed by atoms with E-state index < -0.39 is 10.0 Å². The summed E-state index contributed by atoms with van der Waals surface area (Å²) in [5.74, 6) is 0.117. The summed E-state index contributed by atoms with van der Waals surface area (Å²) >= 11 is 0. The van der Waals surface area contributed by atoms with Crippen molar-refractivity contribution in [3.8, 4) is 0 Å². The first-order valence-corrected chi connectivity index (χ1v) is 10.9. The zero-order valence-electron chi connectivity index (χ0n) is 15.2. The van der Waals surface area contributed by atoms with Gasteiger partial charge in [0.05, 0.1) is 25.7 Å². The van der Waals surface area contributed by atoms with E-state index in [9.17, 15) is 13.2 Å². The molecule has 9 heteroatoms. The van der Waals surface area contributed by atoms with Crippen LogP contribution in [-0.4, -0.2) is 93.2 Å². The molecule has 1 unspecified atom stereocenters. The second kappa shape index (κ2) is 8.51. The van der Waals surface area contributed by atoms with Crippen molar-refractivity contribution in [1.82, 2.24) is 14.1 Å². The number of sulfonamides is 1. The van der Waals surface area contributed by atoms with E-state index in [1.807, 2.05) is 0 Å². The van der Waals surface area contributed by atoms with E-state index in [0.29, 0.717) is 45.2 Å². The van der Waals surface area contributed by atoms with Crippen molar-refractivity contribution < 1.29 is 22.4 Å². The Morgan fingerprint density at radius 1 is 1.31 bits per heavy atom. The van der Waals surface area contributed by atoms with Gasteiger partial charge in [-0.25, -0.2) is 8.42 Å². The summed E-state index contributed by atoms with van der Waals surface area (Å²) in [5, 5.41) is 0. The Morgan fingerprint density at radius 2 is 2.08 bits per heavy atom. The maximum atomic E-state index is 12.5. The number of carbonyl (C=O) groups excluding carboxylic acids is 1. The number of ether oxygens (including phenoxy) is 1. The average molecular weight is 385 g/mol. The number of hydrogen-bond donors (Lipinski definition) is 0. The number of morpholine rings is 1. The Morgan fingerprint density at radius 3 is 2.73 bits per heavy atom. The Balaban J connectivity index is 1.64. The van der Waals surface area contributed by atoms with Crippen LogP contribution in [0.2, 0.25) is 0 Å². The number of amides is 1. The first kappa shape index (κ1) is 19.3. The quantitative estimate of drug-likeness (QED) is 0.708. The summed E-state index contributed by atoms with van der Waals surface area (Å²) in [6, 6.07) is 3.12. The van der Waals surface area contributed by atoms with Gasteiger partial charge in [-0.05, 0) is 25.0 Å². The van der Waals surface area contributed by atoms with Crippen LogP contribution in [0.15, 0.2) is 22.8 Å². The van der Waals surface area contributed by atoms with Gasteiger partial charge in [0.25, 0.3) is 5.91 Å². The second-order valence-corrected chi connectivity index (χ2v) is 8.79. The minimum Gasteiger partial charge on any atom is -0.459 e. The highest BCUT2D eigenvalue weighted by atomic mass is 32.2. The van der Waals surface area contributed by atoms with Crippen LogP contribution in [0.1, 0.15) is 23.4 Å².